The lowest BCUT2D eigenvalue weighted by Gasteiger charge is -2.22. The summed E-state index contributed by atoms with van der Waals surface area (Å²) in [5, 5.41) is 0. The van der Waals surface area contributed by atoms with E-state index in [0.29, 0.717) is 13.0 Å². The maximum Gasteiger partial charge on any atom is 0.227 e. The van der Waals surface area contributed by atoms with Crippen LogP contribution in [0.2, 0.25) is 0 Å². The highest BCUT2D eigenvalue weighted by Gasteiger charge is 2.34. The highest BCUT2D eigenvalue weighted by Crippen LogP contribution is 2.28. The number of likely N-dealkylation sites (tertiary alicyclic amines) is 1. The summed E-state index contributed by atoms with van der Waals surface area (Å²) in [6.45, 7) is 4.46. The molecule has 0 bridgehead atoms. The Hall–Kier alpha value is -1.06. The van der Waals surface area contributed by atoms with Gasteiger partial charge in [-0.2, -0.15) is 0 Å². The lowest BCUT2D eigenvalue weighted by atomic mass is 9.90. The van der Waals surface area contributed by atoms with Crippen molar-refractivity contribution < 1.29 is 4.79 Å². The van der Waals surface area contributed by atoms with E-state index in [1.54, 1.807) is 0 Å². The fourth-order valence-electron chi connectivity index (χ4n) is 2.29. The maximum atomic E-state index is 12.1. The summed E-state index contributed by atoms with van der Waals surface area (Å²) < 4.78 is 0. The molecule has 0 radical (unpaired) electrons. The molecule has 1 saturated heterocycles. The van der Waals surface area contributed by atoms with Crippen molar-refractivity contribution in [3.63, 3.8) is 0 Å². The Balaban J connectivity index is 0.00000162. The molecule has 1 aromatic rings. The van der Waals surface area contributed by atoms with Crippen LogP contribution in [0, 0.1) is 5.41 Å². The maximum absolute atomic E-state index is 12.1. The molecule has 3 nitrogen and oxygen atoms in total. The van der Waals surface area contributed by atoms with Gasteiger partial charge in [-0.25, -0.2) is 0 Å². The first kappa shape index (κ1) is 15.0. The number of carbonyl (C=O) groups excluding carboxylic acids is 1. The van der Waals surface area contributed by atoms with E-state index < -0.39 is 0 Å². The summed E-state index contributed by atoms with van der Waals surface area (Å²) in [7, 11) is 0. The monoisotopic (exact) mass is 268 g/mol. The lowest BCUT2D eigenvalue weighted by Crippen LogP contribution is -2.35. The van der Waals surface area contributed by atoms with Gasteiger partial charge in [0.25, 0.3) is 0 Å². The molecule has 2 rings (SSSR count). The molecule has 4 heteroatoms. The Morgan fingerprint density at radius 1 is 1.39 bits per heavy atom. The van der Waals surface area contributed by atoms with Gasteiger partial charge in [-0.05, 0) is 23.9 Å². The third-order valence-electron chi connectivity index (χ3n) is 3.60. The third-order valence-corrected chi connectivity index (χ3v) is 3.60. The van der Waals surface area contributed by atoms with Gasteiger partial charge in [-0.3, -0.25) is 4.79 Å². The highest BCUT2D eigenvalue weighted by molar-refractivity contribution is 5.85. The van der Waals surface area contributed by atoms with Crippen LogP contribution in [0.1, 0.15) is 18.9 Å². The molecule has 0 aromatic heterocycles. The van der Waals surface area contributed by atoms with Gasteiger partial charge < -0.3 is 10.6 Å². The highest BCUT2D eigenvalue weighted by atomic mass is 35.5. The van der Waals surface area contributed by atoms with Crippen LogP contribution in [-0.2, 0) is 11.2 Å². The second kappa shape index (κ2) is 6.21. The molecular formula is C14H21ClN2O. The largest absolute Gasteiger partial charge is 0.342 e. The van der Waals surface area contributed by atoms with Gasteiger partial charge in [0, 0.05) is 13.1 Å². The number of halogens is 1. The average Bonchev–Trinajstić information content (AvgIpc) is 2.74. The van der Waals surface area contributed by atoms with E-state index >= 15 is 0 Å². The first-order valence-electron chi connectivity index (χ1n) is 6.15. The quantitative estimate of drug-likeness (QED) is 0.909. The lowest BCUT2D eigenvalue weighted by molar-refractivity contribution is -0.129. The smallest absolute Gasteiger partial charge is 0.227 e. The Bertz CT molecular complexity index is 396. The molecule has 100 valence electrons. The van der Waals surface area contributed by atoms with E-state index in [4.69, 9.17) is 5.73 Å². The summed E-state index contributed by atoms with van der Waals surface area (Å²) in [6, 6.07) is 9.90. The van der Waals surface area contributed by atoms with E-state index in [0.717, 1.165) is 25.1 Å². The van der Waals surface area contributed by atoms with Crippen LogP contribution < -0.4 is 5.73 Å². The van der Waals surface area contributed by atoms with Crippen molar-refractivity contribution in [1.82, 2.24) is 4.90 Å². The standard InChI is InChI=1S/C14H20N2O.ClH/c1-14(10-15)7-8-16(11-14)13(17)9-12-5-3-2-4-6-12;/h2-6H,7-11,15H2,1H3;1H. The van der Waals surface area contributed by atoms with Crippen molar-refractivity contribution in [2.24, 2.45) is 11.1 Å². The molecule has 1 fully saturated rings. The SMILES string of the molecule is CC1(CN)CCN(C(=O)Cc2ccccc2)C1.Cl. The second-order valence-electron chi connectivity index (χ2n) is 5.24. The van der Waals surface area contributed by atoms with Gasteiger partial charge in [0.1, 0.15) is 0 Å². The van der Waals surface area contributed by atoms with Crippen molar-refractivity contribution in [2.45, 2.75) is 19.8 Å². The summed E-state index contributed by atoms with van der Waals surface area (Å²) >= 11 is 0. The molecule has 1 unspecified atom stereocenters. The van der Waals surface area contributed by atoms with Crippen molar-refractivity contribution in [2.75, 3.05) is 19.6 Å². The topological polar surface area (TPSA) is 46.3 Å². The molecule has 1 aromatic carbocycles. The normalized spacial score (nSPS) is 22.7. The Labute approximate surface area is 115 Å². The number of rotatable bonds is 3. The van der Waals surface area contributed by atoms with Gasteiger partial charge in [0.2, 0.25) is 5.91 Å². The van der Waals surface area contributed by atoms with Crippen LogP contribution in [0.4, 0.5) is 0 Å². The minimum absolute atomic E-state index is 0. The number of nitrogens with two attached hydrogens (primary N) is 1. The number of hydrogen-bond donors (Lipinski definition) is 1. The van der Waals surface area contributed by atoms with Crippen LogP contribution in [0.5, 0.6) is 0 Å². The van der Waals surface area contributed by atoms with E-state index in [1.807, 2.05) is 35.2 Å². The van der Waals surface area contributed by atoms with Crippen molar-refractivity contribution in [3.05, 3.63) is 35.9 Å². The molecule has 0 saturated carbocycles. The molecule has 0 spiro atoms. The van der Waals surface area contributed by atoms with E-state index in [-0.39, 0.29) is 23.7 Å². The van der Waals surface area contributed by atoms with Crippen molar-refractivity contribution >= 4 is 18.3 Å². The number of nitrogens with zero attached hydrogens (tertiary/aromatic N) is 1. The molecule has 18 heavy (non-hydrogen) atoms. The molecule has 2 N–H and O–H groups in total. The number of benzene rings is 1. The zero-order valence-corrected chi connectivity index (χ0v) is 11.6. The molecule has 1 heterocycles. The third kappa shape index (κ3) is 3.47. The number of carbonyl (C=O) groups is 1. The Morgan fingerprint density at radius 2 is 2.06 bits per heavy atom. The Kier molecular flexibility index (Phi) is 5.17. The van der Waals surface area contributed by atoms with E-state index in [1.165, 1.54) is 0 Å². The fourth-order valence-corrected chi connectivity index (χ4v) is 2.29. The van der Waals surface area contributed by atoms with E-state index in [9.17, 15) is 4.79 Å². The zero-order chi connectivity index (χ0) is 12.3. The van der Waals surface area contributed by atoms with Crippen LogP contribution in [0.15, 0.2) is 30.3 Å². The van der Waals surface area contributed by atoms with Crippen LogP contribution in [-0.4, -0.2) is 30.4 Å². The fraction of sp³-hybridized carbons (Fsp3) is 0.500. The van der Waals surface area contributed by atoms with Gasteiger partial charge in [-0.15, -0.1) is 12.4 Å². The summed E-state index contributed by atoms with van der Waals surface area (Å²) in [5.41, 5.74) is 6.94. The molecule has 1 amide bonds. The van der Waals surface area contributed by atoms with Gasteiger partial charge in [0.05, 0.1) is 6.42 Å². The first-order valence-corrected chi connectivity index (χ1v) is 6.15. The summed E-state index contributed by atoms with van der Waals surface area (Å²) in [4.78, 5) is 14.0. The van der Waals surface area contributed by atoms with Crippen LogP contribution >= 0.6 is 12.4 Å². The molecular weight excluding hydrogens is 248 g/mol. The molecule has 1 atom stereocenters. The number of amides is 1. The minimum Gasteiger partial charge on any atom is -0.342 e. The predicted molar refractivity (Wildman–Crippen MR) is 75.8 cm³/mol. The van der Waals surface area contributed by atoms with Gasteiger partial charge >= 0.3 is 0 Å². The molecule has 1 aliphatic heterocycles. The summed E-state index contributed by atoms with van der Waals surface area (Å²) in [6.07, 6.45) is 1.52. The summed E-state index contributed by atoms with van der Waals surface area (Å²) in [5.74, 6) is 0.216. The van der Waals surface area contributed by atoms with Crippen molar-refractivity contribution in [1.29, 1.82) is 0 Å². The first-order chi connectivity index (χ1) is 8.13. The van der Waals surface area contributed by atoms with Crippen LogP contribution in [0.3, 0.4) is 0 Å². The van der Waals surface area contributed by atoms with Crippen LogP contribution in [0.25, 0.3) is 0 Å². The minimum atomic E-state index is 0. The Morgan fingerprint density at radius 3 is 2.61 bits per heavy atom. The zero-order valence-electron chi connectivity index (χ0n) is 10.8. The van der Waals surface area contributed by atoms with Gasteiger partial charge in [0.15, 0.2) is 0 Å². The predicted octanol–water partition coefficient (Wildman–Crippen LogP) is 1.85. The number of hydrogen-bond acceptors (Lipinski definition) is 2. The van der Waals surface area contributed by atoms with Gasteiger partial charge in [-0.1, -0.05) is 37.3 Å². The van der Waals surface area contributed by atoms with Crippen molar-refractivity contribution in [3.8, 4) is 0 Å². The molecule has 1 aliphatic rings. The van der Waals surface area contributed by atoms with E-state index in [2.05, 4.69) is 6.92 Å². The average molecular weight is 269 g/mol. The second-order valence-corrected chi connectivity index (χ2v) is 5.24. The molecule has 0 aliphatic carbocycles.